The highest BCUT2D eigenvalue weighted by Gasteiger charge is 2.38. The maximum Gasteiger partial charge on any atom is 0.219 e. The standard InChI is InChI=1S/C11H25NO2S/c1-9(10(2,3)4)12(8)15(13,14)11(5,6)7/h9H,1-8H3/t9-/m0/s1. The number of sulfonamides is 1. The van der Waals surface area contributed by atoms with Crippen LogP contribution in [0, 0.1) is 5.41 Å². The summed E-state index contributed by atoms with van der Waals surface area (Å²) in [6.07, 6.45) is 0. The molecule has 0 aliphatic rings. The molecule has 4 heteroatoms. The van der Waals surface area contributed by atoms with Gasteiger partial charge >= 0.3 is 0 Å². The highest BCUT2D eigenvalue weighted by molar-refractivity contribution is 7.90. The minimum Gasteiger partial charge on any atom is -0.212 e. The lowest BCUT2D eigenvalue weighted by molar-refractivity contribution is 0.213. The molecule has 92 valence electrons. The van der Waals surface area contributed by atoms with E-state index in [-0.39, 0.29) is 11.5 Å². The summed E-state index contributed by atoms with van der Waals surface area (Å²) in [5.74, 6) is 0. The zero-order chi connectivity index (χ0) is 12.7. The lowest BCUT2D eigenvalue weighted by atomic mass is 9.88. The Kier molecular flexibility index (Phi) is 4.03. The molecule has 3 nitrogen and oxygen atoms in total. The number of hydrogen-bond acceptors (Lipinski definition) is 2. The molecular weight excluding hydrogens is 210 g/mol. The van der Waals surface area contributed by atoms with E-state index in [1.54, 1.807) is 27.8 Å². The van der Waals surface area contributed by atoms with Crippen LogP contribution >= 0.6 is 0 Å². The van der Waals surface area contributed by atoms with Gasteiger partial charge in [-0.05, 0) is 33.1 Å². The molecule has 0 saturated carbocycles. The van der Waals surface area contributed by atoms with Gasteiger partial charge in [0.2, 0.25) is 10.0 Å². The van der Waals surface area contributed by atoms with Crippen molar-refractivity contribution >= 4 is 10.0 Å². The molecule has 0 N–H and O–H groups in total. The Bertz CT molecular complexity index is 306. The minimum atomic E-state index is -3.23. The SMILES string of the molecule is C[C@H](N(C)S(=O)(=O)C(C)(C)C)C(C)(C)C. The molecule has 0 rings (SSSR count). The van der Waals surface area contributed by atoms with Crippen LogP contribution in [0.15, 0.2) is 0 Å². The van der Waals surface area contributed by atoms with Gasteiger partial charge < -0.3 is 0 Å². The third kappa shape index (κ3) is 3.18. The highest BCUT2D eigenvalue weighted by Crippen LogP contribution is 2.29. The van der Waals surface area contributed by atoms with Gasteiger partial charge in [0, 0.05) is 13.1 Å². The summed E-state index contributed by atoms with van der Waals surface area (Å²) in [5, 5.41) is 0. The maximum atomic E-state index is 12.2. The summed E-state index contributed by atoms with van der Waals surface area (Å²) in [4.78, 5) is 0. The average Bonchev–Trinajstić information content (AvgIpc) is 1.97. The first kappa shape index (κ1) is 14.9. The molecule has 0 saturated heterocycles. The van der Waals surface area contributed by atoms with E-state index in [4.69, 9.17) is 0 Å². The van der Waals surface area contributed by atoms with Crippen molar-refractivity contribution in [1.29, 1.82) is 0 Å². The van der Waals surface area contributed by atoms with Crippen molar-refractivity contribution < 1.29 is 8.42 Å². The third-order valence-corrected chi connectivity index (χ3v) is 5.57. The molecule has 1 atom stereocenters. The topological polar surface area (TPSA) is 37.4 Å². The van der Waals surface area contributed by atoms with Crippen LogP contribution < -0.4 is 0 Å². The van der Waals surface area contributed by atoms with Crippen molar-refractivity contribution in [3.8, 4) is 0 Å². The Morgan fingerprint density at radius 2 is 1.33 bits per heavy atom. The van der Waals surface area contributed by atoms with Crippen LogP contribution in [0.5, 0.6) is 0 Å². The van der Waals surface area contributed by atoms with Gasteiger partial charge in [-0.1, -0.05) is 20.8 Å². The number of nitrogens with zero attached hydrogens (tertiary/aromatic N) is 1. The summed E-state index contributed by atoms with van der Waals surface area (Å²) < 4.78 is 25.1. The fraction of sp³-hybridized carbons (Fsp3) is 1.00. The van der Waals surface area contributed by atoms with Crippen LogP contribution in [0.1, 0.15) is 48.5 Å². The second-order valence-corrected chi connectivity index (χ2v) is 8.93. The first-order valence-electron chi connectivity index (χ1n) is 5.29. The van der Waals surface area contributed by atoms with E-state index in [1.807, 2.05) is 27.7 Å². The van der Waals surface area contributed by atoms with E-state index in [9.17, 15) is 8.42 Å². The van der Waals surface area contributed by atoms with Crippen LogP contribution in [0.4, 0.5) is 0 Å². The molecule has 0 fully saturated rings. The van der Waals surface area contributed by atoms with Crippen molar-refractivity contribution in [2.75, 3.05) is 7.05 Å². The highest BCUT2D eigenvalue weighted by atomic mass is 32.2. The maximum absolute atomic E-state index is 12.2. The first-order valence-corrected chi connectivity index (χ1v) is 6.73. The molecule has 0 spiro atoms. The van der Waals surface area contributed by atoms with Crippen LogP contribution in [-0.2, 0) is 10.0 Å². The molecule has 0 aromatic heterocycles. The zero-order valence-corrected chi connectivity index (χ0v) is 12.1. The van der Waals surface area contributed by atoms with Gasteiger partial charge in [0.15, 0.2) is 0 Å². The smallest absolute Gasteiger partial charge is 0.212 e. The van der Waals surface area contributed by atoms with Crippen molar-refractivity contribution in [1.82, 2.24) is 4.31 Å². The van der Waals surface area contributed by atoms with Crippen LogP contribution in [0.2, 0.25) is 0 Å². The minimum absolute atomic E-state index is 0.0123. The van der Waals surface area contributed by atoms with E-state index in [0.717, 1.165) is 0 Å². The van der Waals surface area contributed by atoms with E-state index < -0.39 is 14.8 Å². The Balaban J connectivity index is 5.13. The van der Waals surface area contributed by atoms with Gasteiger partial charge in [-0.15, -0.1) is 0 Å². The summed E-state index contributed by atoms with van der Waals surface area (Å²) in [6, 6.07) is -0.0123. The predicted octanol–water partition coefficient (Wildman–Crippen LogP) is 2.48. The second kappa shape index (κ2) is 4.06. The van der Waals surface area contributed by atoms with Gasteiger partial charge in [0.1, 0.15) is 0 Å². The summed E-state index contributed by atoms with van der Waals surface area (Å²) in [6.45, 7) is 13.3. The van der Waals surface area contributed by atoms with Gasteiger partial charge in [-0.2, -0.15) is 0 Å². The Morgan fingerprint density at radius 1 is 1.00 bits per heavy atom. The van der Waals surface area contributed by atoms with E-state index in [0.29, 0.717) is 0 Å². The van der Waals surface area contributed by atoms with Crippen molar-refractivity contribution in [2.45, 2.75) is 59.3 Å². The molecule has 0 unspecified atom stereocenters. The number of rotatable bonds is 2. The summed E-state index contributed by atoms with van der Waals surface area (Å²) >= 11 is 0. The summed E-state index contributed by atoms with van der Waals surface area (Å²) in [5.41, 5.74) is -0.0485. The van der Waals surface area contributed by atoms with Crippen molar-refractivity contribution in [3.63, 3.8) is 0 Å². The predicted molar refractivity (Wildman–Crippen MR) is 65.4 cm³/mol. The Labute approximate surface area is 94.9 Å². The van der Waals surface area contributed by atoms with Gasteiger partial charge in [0.25, 0.3) is 0 Å². The Morgan fingerprint density at radius 3 is 1.53 bits per heavy atom. The molecular formula is C11H25NO2S. The van der Waals surface area contributed by atoms with Gasteiger partial charge in [0.05, 0.1) is 4.75 Å². The molecule has 15 heavy (non-hydrogen) atoms. The second-order valence-electron chi connectivity index (χ2n) is 6.18. The van der Waals surface area contributed by atoms with Crippen LogP contribution in [0.25, 0.3) is 0 Å². The lowest BCUT2D eigenvalue weighted by Gasteiger charge is -2.37. The van der Waals surface area contributed by atoms with Crippen LogP contribution in [0.3, 0.4) is 0 Å². The molecule has 0 aromatic carbocycles. The summed E-state index contributed by atoms with van der Waals surface area (Å²) in [7, 11) is -1.56. The fourth-order valence-electron chi connectivity index (χ4n) is 1.19. The molecule has 0 aliphatic carbocycles. The molecule has 0 heterocycles. The first-order chi connectivity index (χ1) is 6.32. The van der Waals surface area contributed by atoms with Crippen LogP contribution in [-0.4, -0.2) is 30.6 Å². The third-order valence-electron chi connectivity index (χ3n) is 2.95. The average molecular weight is 235 g/mol. The zero-order valence-electron chi connectivity index (χ0n) is 11.2. The fourth-order valence-corrected chi connectivity index (χ4v) is 2.78. The molecule has 0 aromatic rings. The monoisotopic (exact) mass is 235 g/mol. The lowest BCUT2D eigenvalue weighted by Crippen LogP contribution is -2.49. The number of hydrogen-bond donors (Lipinski definition) is 0. The molecule has 0 aliphatic heterocycles. The Hall–Kier alpha value is -0.0900. The largest absolute Gasteiger partial charge is 0.219 e. The molecule has 0 bridgehead atoms. The van der Waals surface area contributed by atoms with Gasteiger partial charge in [-0.3, -0.25) is 0 Å². The van der Waals surface area contributed by atoms with Gasteiger partial charge in [-0.25, -0.2) is 12.7 Å². The molecule has 0 radical (unpaired) electrons. The van der Waals surface area contributed by atoms with E-state index in [2.05, 4.69) is 0 Å². The normalized spacial score (nSPS) is 16.9. The molecule has 0 amide bonds. The quantitative estimate of drug-likeness (QED) is 0.737. The van der Waals surface area contributed by atoms with Crippen molar-refractivity contribution in [3.05, 3.63) is 0 Å². The van der Waals surface area contributed by atoms with E-state index in [1.165, 1.54) is 4.31 Å². The van der Waals surface area contributed by atoms with Crippen molar-refractivity contribution in [2.24, 2.45) is 5.41 Å². The van der Waals surface area contributed by atoms with E-state index >= 15 is 0 Å².